The summed E-state index contributed by atoms with van der Waals surface area (Å²) in [7, 11) is 0. The summed E-state index contributed by atoms with van der Waals surface area (Å²) in [5.74, 6) is -0.0388. The van der Waals surface area contributed by atoms with E-state index in [1.165, 1.54) is 12.3 Å². The Morgan fingerprint density at radius 2 is 2.18 bits per heavy atom. The van der Waals surface area contributed by atoms with E-state index in [0.29, 0.717) is 17.9 Å². The topological polar surface area (TPSA) is 30.0 Å². The van der Waals surface area contributed by atoms with Crippen molar-refractivity contribution in [3.05, 3.63) is 29.8 Å². The van der Waals surface area contributed by atoms with Crippen molar-refractivity contribution in [3.63, 3.8) is 0 Å². The quantitative estimate of drug-likeness (QED) is 0.671. The molecule has 1 unspecified atom stereocenters. The number of carbonyl (C=O) groups is 1. The standard InChI is InChI=1S/C14H20FNO/c1-3-5-6-11(4-2)7-14(17)12-8-13(15)10-16-9-12/h8-11H,3-7H2,1-2H3. The van der Waals surface area contributed by atoms with Crippen molar-refractivity contribution in [1.82, 2.24) is 4.98 Å². The first-order valence-electron chi connectivity index (χ1n) is 6.31. The molecule has 0 aliphatic heterocycles. The second-order valence-electron chi connectivity index (χ2n) is 4.44. The van der Waals surface area contributed by atoms with E-state index in [2.05, 4.69) is 18.8 Å². The van der Waals surface area contributed by atoms with Crippen LogP contribution in [0.3, 0.4) is 0 Å². The zero-order valence-electron chi connectivity index (χ0n) is 10.6. The molecule has 0 radical (unpaired) electrons. The van der Waals surface area contributed by atoms with Crippen LogP contribution in [0.15, 0.2) is 18.5 Å². The average Bonchev–Trinajstić information content (AvgIpc) is 2.34. The van der Waals surface area contributed by atoms with E-state index in [9.17, 15) is 9.18 Å². The molecule has 2 nitrogen and oxygen atoms in total. The highest BCUT2D eigenvalue weighted by atomic mass is 19.1. The minimum absolute atomic E-state index is 0.0000435. The Morgan fingerprint density at radius 1 is 1.41 bits per heavy atom. The maximum atomic E-state index is 12.9. The van der Waals surface area contributed by atoms with Crippen molar-refractivity contribution in [2.45, 2.75) is 46.0 Å². The third-order valence-electron chi connectivity index (χ3n) is 3.04. The molecular formula is C14H20FNO. The smallest absolute Gasteiger partial charge is 0.164 e. The highest BCUT2D eigenvalue weighted by Gasteiger charge is 2.14. The number of pyridine rings is 1. The van der Waals surface area contributed by atoms with E-state index >= 15 is 0 Å². The molecule has 0 fully saturated rings. The van der Waals surface area contributed by atoms with Gasteiger partial charge >= 0.3 is 0 Å². The van der Waals surface area contributed by atoms with Gasteiger partial charge in [-0.25, -0.2) is 4.39 Å². The fourth-order valence-corrected chi connectivity index (χ4v) is 1.89. The third-order valence-corrected chi connectivity index (χ3v) is 3.04. The predicted molar refractivity (Wildman–Crippen MR) is 66.4 cm³/mol. The van der Waals surface area contributed by atoms with E-state index in [1.807, 2.05) is 0 Å². The van der Waals surface area contributed by atoms with Crippen molar-refractivity contribution < 1.29 is 9.18 Å². The molecular weight excluding hydrogens is 217 g/mol. The molecule has 0 bridgehead atoms. The van der Waals surface area contributed by atoms with Crippen molar-refractivity contribution in [2.75, 3.05) is 0 Å². The second-order valence-corrected chi connectivity index (χ2v) is 4.44. The number of hydrogen-bond acceptors (Lipinski definition) is 2. The molecule has 3 heteroatoms. The largest absolute Gasteiger partial charge is 0.294 e. The number of halogens is 1. The number of Topliss-reactive ketones (excluding diaryl/α,β-unsaturated/α-hetero) is 1. The maximum Gasteiger partial charge on any atom is 0.164 e. The van der Waals surface area contributed by atoms with E-state index < -0.39 is 5.82 Å². The van der Waals surface area contributed by atoms with Crippen molar-refractivity contribution >= 4 is 5.78 Å². The summed E-state index contributed by atoms with van der Waals surface area (Å²) in [5.41, 5.74) is 0.389. The van der Waals surface area contributed by atoms with Gasteiger partial charge in [-0.3, -0.25) is 9.78 Å². The zero-order valence-corrected chi connectivity index (χ0v) is 10.6. The molecule has 0 saturated heterocycles. The van der Waals surface area contributed by atoms with E-state index in [-0.39, 0.29) is 5.78 Å². The zero-order chi connectivity index (χ0) is 12.7. The van der Waals surface area contributed by atoms with Crippen LogP contribution in [0.4, 0.5) is 4.39 Å². The number of unbranched alkanes of at least 4 members (excludes halogenated alkanes) is 1. The first-order chi connectivity index (χ1) is 8.17. The van der Waals surface area contributed by atoms with E-state index in [1.54, 1.807) is 0 Å². The Labute approximate surface area is 102 Å². The molecule has 0 aliphatic carbocycles. The van der Waals surface area contributed by atoms with Crippen LogP contribution in [0.1, 0.15) is 56.3 Å². The van der Waals surface area contributed by atoms with Crippen molar-refractivity contribution in [3.8, 4) is 0 Å². The summed E-state index contributed by atoms with van der Waals surface area (Å²) in [6, 6.07) is 1.27. The maximum absolute atomic E-state index is 12.9. The Balaban J connectivity index is 2.58. The molecule has 94 valence electrons. The molecule has 0 aliphatic rings. The summed E-state index contributed by atoms with van der Waals surface area (Å²) >= 11 is 0. The minimum atomic E-state index is -0.447. The van der Waals surface area contributed by atoms with Gasteiger partial charge in [0.15, 0.2) is 5.78 Å². The molecule has 1 atom stereocenters. The summed E-state index contributed by atoms with van der Waals surface area (Å²) in [6.07, 6.45) is 7.42. The highest BCUT2D eigenvalue weighted by Crippen LogP contribution is 2.19. The number of rotatable bonds is 7. The van der Waals surface area contributed by atoms with Crippen molar-refractivity contribution in [1.29, 1.82) is 0 Å². The van der Waals surface area contributed by atoms with E-state index in [4.69, 9.17) is 0 Å². The minimum Gasteiger partial charge on any atom is -0.294 e. The molecule has 1 aromatic rings. The number of carbonyl (C=O) groups excluding carboxylic acids is 1. The lowest BCUT2D eigenvalue weighted by Crippen LogP contribution is -2.09. The molecule has 17 heavy (non-hydrogen) atoms. The summed E-state index contributed by atoms with van der Waals surface area (Å²) < 4.78 is 12.9. The van der Waals surface area contributed by atoms with Gasteiger partial charge in [0.25, 0.3) is 0 Å². The summed E-state index contributed by atoms with van der Waals surface area (Å²) in [4.78, 5) is 15.6. The van der Waals surface area contributed by atoms with E-state index in [0.717, 1.165) is 31.9 Å². The molecule has 0 saturated carbocycles. The Bertz CT molecular complexity index is 365. The molecule has 1 heterocycles. The van der Waals surface area contributed by atoms with Crippen LogP contribution in [-0.2, 0) is 0 Å². The second kappa shape index (κ2) is 7.15. The van der Waals surface area contributed by atoms with Gasteiger partial charge < -0.3 is 0 Å². The van der Waals surface area contributed by atoms with Gasteiger partial charge in [-0.05, 0) is 12.0 Å². The summed E-state index contributed by atoms with van der Waals surface area (Å²) in [6.45, 7) is 4.24. The van der Waals surface area contributed by atoms with Crippen molar-refractivity contribution in [2.24, 2.45) is 5.92 Å². The SMILES string of the molecule is CCCCC(CC)CC(=O)c1cncc(F)c1. The fraction of sp³-hybridized carbons (Fsp3) is 0.571. The molecule has 0 N–H and O–H groups in total. The summed E-state index contributed by atoms with van der Waals surface area (Å²) in [5, 5.41) is 0. The molecule has 0 amide bonds. The third kappa shape index (κ3) is 4.63. The van der Waals surface area contributed by atoms with Crippen LogP contribution in [0.25, 0.3) is 0 Å². The van der Waals surface area contributed by atoms with Gasteiger partial charge in [0, 0.05) is 18.2 Å². The van der Waals surface area contributed by atoms with Crippen LogP contribution < -0.4 is 0 Å². The number of hydrogen-bond donors (Lipinski definition) is 0. The molecule has 1 aromatic heterocycles. The Kier molecular flexibility index (Phi) is 5.81. The first kappa shape index (κ1) is 13.8. The Morgan fingerprint density at radius 3 is 2.76 bits per heavy atom. The van der Waals surface area contributed by atoms with Gasteiger partial charge in [0.1, 0.15) is 5.82 Å². The van der Waals surface area contributed by atoms with Crippen LogP contribution in [0, 0.1) is 11.7 Å². The van der Waals surface area contributed by atoms with Crippen LogP contribution in [0.2, 0.25) is 0 Å². The normalized spacial score (nSPS) is 12.4. The monoisotopic (exact) mass is 237 g/mol. The molecule has 0 spiro atoms. The first-order valence-corrected chi connectivity index (χ1v) is 6.31. The number of nitrogens with zero attached hydrogens (tertiary/aromatic N) is 1. The fourth-order valence-electron chi connectivity index (χ4n) is 1.89. The molecule has 0 aromatic carbocycles. The van der Waals surface area contributed by atoms with Gasteiger partial charge in [-0.15, -0.1) is 0 Å². The van der Waals surface area contributed by atoms with Gasteiger partial charge in [-0.1, -0.05) is 39.5 Å². The molecule has 1 rings (SSSR count). The van der Waals surface area contributed by atoms with Crippen LogP contribution in [-0.4, -0.2) is 10.8 Å². The lowest BCUT2D eigenvalue weighted by atomic mass is 9.92. The number of aromatic nitrogens is 1. The Hall–Kier alpha value is -1.25. The van der Waals surface area contributed by atoms with Gasteiger partial charge in [-0.2, -0.15) is 0 Å². The highest BCUT2D eigenvalue weighted by molar-refractivity contribution is 5.95. The lowest BCUT2D eigenvalue weighted by molar-refractivity contribution is 0.0956. The van der Waals surface area contributed by atoms with Crippen LogP contribution in [0.5, 0.6) is 0 Å². The number of ketones is 1. The van der Waals surface area contributed by atoms with Crippen LogP contribution >= 0.6 is 0 Å². The average molecular weight is 237 g/mol. The predicted octanol–water partition coefficient (Wildman–Crippen LogP) is 4.01. The van der Waals surface area contributed by atoms with Gasteiger partial charge in [0.05, 0.1) is 6.20 Å². The lowest BCUT2D eigenvalue weighted by Gasteiger charge is -2.13. The van der Waals surface area contributed by atoms with Gasteiger partial charge in [0.2, 0.25) is 0 Å².